The van der Waals surface area contributed by atoms with Crippen LogP contribution in [0.1, 0.15) is 58.8 Å². The van der Waals surface area contributed by atoms with Crippen molar-refractivity contribution in [2.45, 2.75) is 64.8 Å². The first kappa shape index (κ1) is 15.2. The van der Waals surface area contributed by atoms with Crippen molar-refractivity contribution in [2.24, 2.45) is 5.73 Å². The van der Waals surface area contributed by atoms with E-state index >= 15 is 0 Å². The van der Waals surface area contributed by atoms with Crippen LogP contribution in [-0.2, 0) is 4.79 Å². The number of carboxylic acids is 1. The maximum Gasteiger partial charge on any atom is 0.324 e. The zero-order valence-electron chi connectivity index (χ0n) is 10.5. The van der Waals surface area contributed by atoms with E-state index in [0.717, 1.165) is 50.5 Å². The van der Waals surface area contributed by atoms with Crippen LogP contribution in [0, 0.1) is 0 Å². The summed E-state index contributed by atoms with van der Waals surface area (Å²) in [5.41, 5.74) is 6.55. The second kappa shape index (κ2) is 9.40. The van der Waals surface area contributed by atoms with Crippen LogP contribution < -0.4 is 5.73 Å². The summed E-state index contributed by atoms with van der Waals surface area (Å²) in [5.74, 6) is -0.917. The predicted octanol–water partition coefficient (Wildman–Crippen LogP) is 3.10. The van der Waals surface area contributed by atoms with Gasteiger partial charge >= 0.3 is 5.97 Å². The van der Waals surface area contributed by atoms with Gasteiger partial charge in [-0.1, -0.05) is 45.6 Å². The van der Waals surface area contributed by atoms with E-state index in [1.807, 2.05) is 6.08 Å². The number of allylic oxidation sites excluding steroid dienone is 1. The lowest BCUT2D eigenvalue weighted by Gasteiger charge is -2.12. The van der Waals surface area contributed by atoms with Gasteiger partial charge in [0.15, 0.2) is 0 Å². The molecule has 3 nitrogen and oxygen atoms in total. The molecule has 0 heterocycles. The smallest absolute Gasteiger partial charge is 0.324 e. The van der Waals surface area contributed by atoms with Gasteiger partial charge in [-0.3, -0.25) is 4.79 Å². The number of nitrogens with two attached hydrogens (primary N) is 1. The normalized spacial score (nSPS) is 13.8. The molecule has 0 aromatic heterocycles. The van der Waals surface area contributed by atoms with Crippen LogP contribution in [0.15, 0.2) is 11.6 Å². The van der Waals surface area contributed by atoms with E-state index in [-0.39, 0.29) is 0 Å². The molecule has 0 aromatic carbocycles. The van der Waals surface area contributed by atoms with E-state index in [0.29, 0.717) is 0 Å². The van der Waals surface area contributed by atoms with E-state index in [2.05, 4.69) is 13.8 Å². The summed E-state index contributed by atoms with van der Waals surface area (Å²) in [6, 6.07) is -0.811. The first-order valence-corrected chi connectivity index (χ1v) is 6.30. The predicted molar refractivity (Wildman–Crippen MR) is 67.4 cm³/mol. The first-order valence-electron chi connectivity index (χ1n) is 6.30. The standard InChI is InChI=1S/C13H25NO2/c1-3-5-7-9-11(10-8-6-4-2)12(14)13(15)16/h9,12H,3-8,10,14H2,1-2H3,(H,15,16). The van der Waals surface area contributed by atoms with Crippen molar-refractivity contribution < 1.29 is 9.90 Å². The lowest BCUT2D eigenvalue weighted by Crippen LogP contribution is -2.32. The lowest BCUT2D eigenvalue weighted by atomic mass is 9.99. The zero-order chi connectivity index (χ0) is 12.4. The van der Waals surface area contributed by atoms with Crippen LogP contribution in [0.2, 0.25) is 0 Å². The SMILES string of the molecule is CCCCC=C(CCCCC)C(N)C(=O)O. The fourth-order valence-corrected chi connectivity index (χ4v) is 1.61. The quantitative estimate of drug-likeness (QED) is 0.470. The van der Waals surface area contributed by atoms with Crippen LogP contribution in [0.25, 0.3) is 0 Å². The highest BCUT2D eigenvalue weighted by Crippen LogP contribution is 2.14. The molecule has 0 amide bonds. The minimum absolute atomic E-state index is 0.811. The molecule has 0 spiro atoms. The molecule has 0 saturated heterocycles. The van der Waals surface area contributed by atoms with Crippen LogP contribution in [0.3, 0.4) is 0 Å². The molecule has 16 heavy (non-hydrogen) atoms. The molecule has 1 unspecified atom stereocenters. The second-order valence-corrected chi connectivity index (χ2v) is 4.19. The monoisotopic (exact) mass is 227 g/mol. The topological polar surface area (TPSA) is 63.3 Å². The fourth-order valence-electron chi connectivity index (χ4n) is 1.61. The van der Waals surface area contributed by atoms with E-state index in [4.69, 9.17) is 10.8 Å². The molecule has 1 atom stereocenters. The van der Waals surface area contributed by atoms with Gasteiger partial charge in [-0.25, -0.2) is 0 Å². The van der Waals surface area contributed by atoms with Crippen molar-refractivity contribution >= 4 is 5.97 Å². The second-order valence-electron chi connectivity index (χ2n) is 4.19. The minimum atomic E-state index is -0.917. The zero-order valence-corrected chi connectivity index (χ0v) is 10.5. The molecule has 0 aliphatic carbocycles. The van der Waals surface area contributed by atoms with Gasteiger partial charge in [0.1, 0.15) is 6.04 Å². The van der Waals surface area contributed by atoms with Crippen LogP contribution in [0.4, 0.5) is 0 Å². The number of rotatable bonds is 9. The van der Waals surface area contributed by atoms with E-state index in [1.54, 1.807) is 0 Å². The molecular weight excluding hydrogens is 202 g/mol. The summed E-state index contributed by atoms with van der Waals surface area (Å²) in [5, 5.41) is 8.90. The third kappa shape index (κ3) is 6.62. The van der Waals surface area contributed by atoms with Crippen molar-refractivity contribution in [3.63, 3.8) is 0 Å². The highest BCUT2D eigenvalue weighted by atomic mass is 16.4. The molecular formula is C13H25NO2. The number of hydrogen-bond donors (Lipinski definition) is 2. The van der Waals surface area contributed by atoms with E-state index < -0.39 is 12.0 Å². The Morgan fingerprint density at radius 1 is 1.25 bits per heavy atom. The van der Waals surface area contributed by atoms with Gasteiger partial charge in [-0.15, -0.1) is 0 Å². The average Bonchev–Trinajstić information content (AvgIpc) is 2.26. The van der Waals surface area contributed by atoms with Crippen molar-refractivity contribution in [3.05, 3.63) is 11.6 Å². The number of carboxylic acid groups (broad SMARTS) is 1. The van der Waals surface area contributed by atoms with Gasteiger partial charge in [0.2, 0.25) is 0 Å². The Morgan fingerprint density at radius 2 is 1.88 bits per heavy atom. The van der Waals surface area contributed by atoms with Crippen molar-refractivity contribution in [2.75, 3.05) is 0 Å². The Bertz CT molecular complexity index is 224. The molecule has 0 aliphatic heterocycles. The summed E-state index contributed by atoms with van der Waals surface area (Å²) < 4.78 is 0. The van der Waals surface area contributed by atoms with Crippen LogP contribution in [0.5, 0.6) is 0 Å². The molecule has 0 saturated carbocycles. The lowest BCUT2D eigenvalue weighted by molar-refractivity contribution is -0.137. The molecule has 3 N–H and O–H groups in total. The maximum absolute atomic E-state index is 10.8. The fraction of sp³-hybridized carbons (Fsp3) is 0.769. The highest BCUT2D eigenvalue weighted by Gasteiger charge is 2.16. The van der Waals surface area contributed by atoms with Crippen molar-refractivity contribution in [3.8, 4) is 0 Å². The van der Waals surface area contributed by atoms with Gasteiger partial charge in [0.05, 0.1) is 0 Å². The Hall–Kier alpha value is -0.830. The Labute approximate surface area is 98.7 Å². The van der Waals surface area contributed by atoms with Crippen LogP contribution in [-0.4, -0.2) is 17.1 Å². The minimum Gasteiger partial charge on any atom is -0.480 e. The third-order valence-electron chi connectivity index (χ3n) is 2.70. The average molecular weight is 227 g/mol. The number of hydrogen-bond acceptors (Lipinski definition) is 2. The molecule has 0 rings (SSSR count). The van der Waals surface area contributed by atoms with E-state index in [1.165, 1.54) is 0 Å². The van der Waals surface area contributed by atoms with Gasteiger partial charge in [0.25, 0.3) is 0 Å². The molecule has 0 bridgehead atoms. The molecule has 3 heteroatoms. The van der Waals surface area contributed by atoms with Gasteiger partial charge in [-0.05, 0) is 24.8 Å². The Morgan fingerprint density at radius 3 is 2.38 bits per heavy atom. The molecule has 0 radical (unpaired) electrons. The molecule has 0 aromatic rings. The van der Waals surface area contributed by atoms with Crippen molar-refractivity contribution in [1.29, 1.82) is 0 Å². The van der Waals surface area contributed by atoms with Gasteiger partial charge in [0, 0.05) is 0 Å². The molecule has 94 valence electrons. The summed E-state index contributed by atoms with van der Waals surface area (Å²) in [4.78, 5) is 10.8. The number of unbranched alkanes of at least 4 members (excludes halogenated alkanes) is 4. The summed E-state index contributed by atoms with van der Waals surface area (Å²) in [6.45, 7) is 4.26. The summed E-state index contributed by atoms with van der Waals surface area (Å²) in [7, 11) is 0. The highest BCUT2D eigenvalue weighted by molar-refractivity contribution is 5.77. The van der Waals surface area contributed by atoms with E-state index in [9.17, 15) is 4.79 Å². The largest absolute Gasteiger partial charge is 0.480 e. The summed E-state index contributed by atoms with van der Waals surface area (Å²) >= 11 is 0. The van der Waals surface area contributed by atoms with Crippen molar-refractivity contribution in [1.82, 2.24) is 0 Å². The number of aliphatic carboxylic acids is 1. The molecule has 0 fully saturated rings. The van der Waals surface area contributed by atoms with Gasteiger partial charge < -0.3 is 10.8 Å². The number of carbonyl (C=O) groups is 1. The first-order chi connectivity index (χ1) is 7.63. The summed E-state index contributed by atoms with van der Waals surface area (Å²) in [6.07, 6.45) is 9.34. The van der Waals surface area contributed by atoms with Crippen LogP contribution >= 0.6 is 0 Å². The third-order valence-corrected chi connectivity index (χ3v) is 2.70. The molecule has 0 aliphatic rings. The van der Waals surface area contributed by atoms with Gasteiger partial charge in [-0.2, -0.15) is 0 Å². The Kier molecular flexibility index (Phi) is 8.91. The maximum atomic E-state index is 10.8. The Balaban J connectivity index is 4.25.